The van der Waals surface area contributed by atoms with Crippen LogP contribution in [0.4, 0.5) is 14.6 Å². The lowest BCUT2D eigenvalue weighted by atomic mass is 9.81. The average Bonchev–Trinajstić information content (AvgIpc) is 3.40. The van der Waals surface area contributed by atoms with Crippen molar-refractivity contribution in [2.45, 2.75) is 76.7 Å². The van der Waals surface area contributed by atoms with Gasteiger partial charge in [0.15, 0.2) is 0 Å². The van der Waals surface area contributed by atoms with Crippen LogP contribution >= 0.6 is 9.24 Å². The van der Waals surface area contributed by atoms with Crippen LogP contribution in [0.3, 0.4) is 0 Å². The van der Waals surface area contributed by atoms with Crippen molar-refractivity contribution in [3.63, 3.8) is 0 Å². The first-order chi connectivity index (χ1) is 19.1. The number of unbranched alkanes of at least 4 members (excludes halogenated alkanes) is 1. The highest BCUT2D eigenvalue weighted by Crippen LogP contribution is 2.40. The number of nitrogens with one attached hydrogen (secondary N) is 1. The molecule has 2 fully saturated rings. The van der Waals surface area contributed by atoms with Crippen LogP contribution in [0.15, 0.2) is 30.3 Å². The minimum Gasteiger partial charge on any atom is -0.480 e. The summed E-state index contributed by atoms with van der Waals surface area (Å²) in [6.07, 6.45) is 5.66. The Labute approximate surface area is 238 Å². The second kappa shape index (κ2) is 12.4. The number of rotatable bonds is 12. The van der Waals surface area contributed by atoms with E-state index in [1.54, 1.807) is 4.90 Å². The second-order valence-electron chi connectivity index (χ2n) is 12.3. The average molecular weight is 574 g/mol. The maximum Gasteiger partial charge on any atom is 0.325 e. The van der Waals surface area contributed by atoms with Crippen molar-refractivity contribution in [1.29, 1.82) is 0 Å². The summed E-state index contributed by atoms with van der Waals surface area (Å²) in [6.45, 7) is 4.99. The van der Waals surface area contributed by atoms with E-state index in [1.807, 2.05) is 24.3 Å². The molecular formula is C31H42F2N3O3P. The molecule has 3 atom stereocenters. The molecule has 0 aliphatic carbocycles. The molecule has 0 saturated carbocycles. The summed E-state index contributed by atoms with van der Waals surface area (Å²) in [6, 6.07) is 9.05. The van der Waals surface area contributed by atoms with Gasteiger partial charge in [-0.1, -0.05) is 25.1 Å². The van der Waals surface area contributed by atoms with E-state index in [4.69, 9.17) is 4.74 Å². The van der Waals surface area contributed by atoms with Gasteiger partial charge in [0.25, 0.3) is 5.92 Å². The van der Waals surface area contributed by atoms with Crippen LogP contribution in [-0.2, 0) is 28.8 Å². The van der Waals surface area contributed by atoms with Crippen molar-refractivity contribution in [2.24, 2.45) is 11.3 Å². The molecule has 5 rings (SSSR count). The van der Waals surface area contributed by atoms with Gasteiger partial charge < -0.3 is 15.2 Å². The number of benzene rings is 1. The Kier molecular flexibility index (Phi) is 9.08. The first-order valence-electron chi connectivity index (χ1n) is 14.7. The first-order valence-corrected chi connectivity index (χ1v) is 15.2. The highest BCUT2D eigenvalue weighted by atomic mass is 31.0. The zero-order chi connectivity index (χ0) is 28.3. The largest absolute Gasteiger partial charge is 0.480 e. The fourth-order valence-corrected chi connectivity index (χ4v) is 6.63. The Hall–Kier alpha value is -2.15. The normalized spacial score (nSPS) is 21.4. The lowest BCUT2D eigenvalue weighted by molar-refractivity contribution is -0.143. The van der Waals surface area contributed by atoms with Gasteiger partial charge in [0.1, 0.15) is 11.9 Å². The van der Waals surface area contributed by atoms with Crippen LogP contribution in [0.5, 0.6) is 0 Å². The standard InChI is InChI=1S/C31H42F2N3O3P/c1-30(19-39-20-30)14-11-21-8-10-25(40)17-26(21)27(29(37)38)36-16-12-23(18-36)31(32,33)13-3-2-6-24-9-7-22-5-4-15-34-28(22)35-24/h7-10,17,23,27H,2-6,11-16,18-20,40H2,1H3,(H,34,35)(H,37,38)/t23?,27-/m0/s1. The number of ether oxygens (including phenoxy) is 1. The molecule has 2 aromatic rings. The van der Waals surface area contributed by atoms with Crippen LogP contribution in [-0.4, -0.2) is 59.7 Å². The highest BCUT2D eigenvalue weighted by molar-refractivity contribution is 7.27. The van der Waals surface area contributed by atoms with Gasteiger partial charge in [-0.05, 0) is 92.0 Å². The molecule has 2 N–H and O–H groups in total. The number of carboxylic acids is 1. The number of anilines is 1. The summed E-state index contributed by atoms with van der Waals surface area (Å²) in [5, 5.41) is 14.5. The van der Waals surface area contributed by atoms with Crippen molar-refractivity contribution in [3.8, 4) is 0 Å². The van der Waals surface area contributed by atoms with Gasteiger partial charge in [-0.2, -0.15) is 0 Å². The summed E-state index contributed by atoms with van der Waals surface area (Å²) in [5.74, 6) is -3.71. The maximum atomic E-state index is 15.3. The summed E-state index contributed by atoms with van der Waals surface area (Å²) < 4.78 is 36.1. The number of nitrogens with zero attached hydrogens (tertiary/aromatic N) is 2. The molecule has 0 spiro atoms. The van der Waals surface area contributed by atoms with Gasteiger partial charge in [0.2, 0.25) is 0 Å². The smallest absolute Gasteiger partial charge is 0.325 e. The molecule has 9 heteroatoms. The number of aromatic nitrogens is 1. The van der Waals surface area contributed by atoms with Crippen molar-refractivity contribution in [1.82, 2.24) is 9.88 Å². The van der Waals surface area contributed by atoms with Gasteiger partial charge >= 0.3 is 5.97 Å². The van der Waals surface area contributed by atoms with Crippen molar-refractivity contribution < 1.29 is 23.4 Å². The number of halogens is 2. The number of carbonyl (C=O) groups is 1. The lowest BCUT2D eigenvalue weighted by Gasteiger charge is -2.38. The molecule has 0 bridgehead atoms. The van der Waals surface area contributed by atoms with E-state index in [9.17, 15) is 9.90 Å². The van der Waals surface area contributed by atoms with E-state index in [0.717, 1.165) is 73.4 Å². The third kappa shape index (κ3) is 6.83. The predicted molar refractivity (Wildman–Crippen MR) is 157 cm³/mol. The zero-order valence-electron chi connectivity index (χ0n) is 23.4. The Morgan fingerprint density at radius 2 is 2.10 bits per heavy atom. The molecule has 2 saturated heterocycles. The monoisotopic (exact) mass is 573 g/mol. The third-order valence-corrected chi connectivity index (χ3v) is 9.28. The molecule has 3 aliphatic rings. The van der Waals surface area contributed by atoms with Crippen LogP contribution in [0.1, 0.15) is 73.9 Å². The van der Waals surface area contributed by atoms with Gasteiger partial charge in [0, 0.05) is 36.5 Å². The topological polar surface area (TPSA) is 74.7 Å². The SMILES string of the molecule is CC1(CCc2ccc(P)cc2[C@@H](C(=O)O)N2CCC(C(F)(F)CCCCc3ccc4c(n3)NCCC4)C2)COC1. The molecule has 2 unspecified atom stereocenters. The quantitative estimate of drug-likeness (QED) is 0.262. The Bertz CT molecular complexity index is 1210. The number of pyridine rings is 1. The van der Waals surface area contributed by atoms with Crippen LogP contribution in [0.25, 0.3) is 0 Å². The van der Waals surface area contributed by atoms with Crippen LogP contribution in [0, 0.1) is 11.3 Å². The van der Waals surface area contributed by atoms with Crippen LogP contribution < -0.4 is 10.6 Å². The van der Waals surface area contributed by atoms with Gasteiger partial charge in [-0.3, -0.25) is 9.69 Å². The van der Waals surface area contributed by atoms with E-state index in [1.165, 1.54) is 5.56 Å². The molecule has 218 valence electrons. The molecular weight excluding hydrogens is 531 g/mol. The summed E-state index contributed by atoms with van der Waals surface area (Å²) in [4.78, 5) is 19.0. The highest BCUT2D eigenvalue weighted by Gasteiger charge is 2.45. The number of hydrogen-bond donors (Lipinski definition) is 2. The van der Waals surface area contributed by atoms with Crippen molar-refractivity contribution in [3.05, 3.63) is 52.7 Å². The second-order valence-corrected chi connectivity index (χ2v) is 13.0. The lowest BCUT2D eigenvalue weighted by Crippen LogP contribution is -2.40. The number of aryl methyl sites for hydroxylation is 3. The van der Waals surface area contributed by atoms with Gasteiger partial charge in [0.05, 0.1) is 13.2 Å². The minimum atomic E-state index is -2.83. The van der Waals surface area contributed by atoms with E-state index in [0.29, 0.717) is 32.2 Å². The van der Waals surface area contributed by atoms with Gasteiger partial charge in [-0.25, -0.2) is 13.8 Å². The minimum absolute atomic E-state index is 0.0914. The zero-order valence-corrected chi connectivity index (χ0v) is 24.6. The van der Waals surface area contributed by atoms with E-state index in [2.05, 4.69) is 32.5 Å². The maximum absolute atomic E-state index is 15.3. The molecule has 3 aliphatic heterocycles. The molecule has 1 aromatic carbocycles. The molecule has 4 heterocycles. The van der Waals surface area contributed by atoms with E-state index >= 15 is 8.78 Å². The Morgan fingerprint density at radius 3 is 2.85 bits per heavy atom. The third-order valence-electron chi connectivity index (χ3n) is 8.92. The number of likely N-dealkylation sites (tertiary alicyclic amines) is 1. The molecule has 6 nitrogen and oxygen atoms in total. The summed E-state index contributed by atoms with van der Waals surface area (Å²) >= 11 is 0. The first kappa shape index (κ1) is 29.3. The fourth-order valence-electron chi connectivity index (χ4n) is 6.36. The fraction of sp³-hybridized carbons (Fsp3) is 0.613. The predicted octanol–water partition coefficient (Wildman–Crippen LogP) is 5.41. The van der Waals surface area contributed by atoms with E-state index in [-0.39, 0.29) is 18.4 Å². The number of alkyl halides is 2. The molecule has 0 amide bonds. The summed E-state index contributed by atoms with van der Waals surface area (Å²) in [7, 11) is 2.63. The van der Waals surface area contributed by atoms with Gasteiger partial charge in [-0.15, -0.1) is 9.24 Å². The number of hydrogen-bond acceptors (Lipinski definition) is 5. The van der Waals surface area contributed by atoms with E-state index < -0.39 is 23.9 Å². The molecule has 0 radical (unpaired) electrons. The van der Waals surface area contributed by atoms with Crippen molar-refractivity contribution >= 4 is 26.3 Å². The summed E-state index contributed by atoms with van der Waals surface area (Å²) in [5.41, 5.74) is 3.99. The molecule has 40 heavy (non-hydrogen) atoms. The van der Waals surface area contributed by atoms with Crippen molar-refractivity contribution in [2.75, 3.05) is 38.2 Å². The Balaban J connectivity index is 1.18. The van der Waals surface area contributed by atoms with Crippen LogP contribution in [0.2, 0.25) is 0 Å². The molecule has 1 aromatic heterocycles. The number of fused-ring (bicyclic) bond motifs is 1. The Morgan fingerprint density at radius 1 is 1.27 bits per heavy atom. The number of aliphatic carboxylic acids is 1. The number of carboxylic acid groups (broad SMARTS) is 1.